The minimum atomic E-state index is -0.781. The minimum Gasteiger partial charge on any atom is -0.481 e. The summed E-state index contributed by atoms with van der Waals surface area (Å²) < 4.78 is 0. The molecule has 0 spiro atoms. The molecule has 4 nitrogen and oxygen atoms in total. The number of aliphatic carboxylic acids is 1. The van der Waals surface area contributed by atoms with Crippen LogP contribution >= 0.6 is 11.3 Å². The molecule has 0 aliphatic rings. The van der Waals surface area contributed by atoms with Crippen molar-refractivity contribution >= 4 is 17.3 Å². The Hall–Kier alpha value is -1.62. The molecule has 84 valence electrons. The number of hydrogen-bond donors (Lipinski definition) is 2. The van der Waals surface area contributed by atoms with Crippen LogP contribution in [0.4, 0.5) is 0 Å². The van der Waals surface area contributed by atoms with E-state index in [1.54, 1.807) is 11.3 Å². The van der Waals surface area contributed by atoms with Gasteiger partial charge in [-0.2, -0.15) is 16.4 Å². The quantitative estimate of drug-likeness (QED) is 0.857. The zero-order valence-corrected chi connectivity index (χ0v) is 9.67. The maximum atomic E-state index is 10.6. The number of aromatic amines is 1. The van der Waals surface area contributed by atoms with Crippen LogP contribution in [0.1, 0.15) is 17.7 Å². The first-order valence-electron chi connectivity index (χ1n) is 4.96. The van der Waals surface area contributed by atoms with Gasteiger partial charge in [-0.05, 0) is 24.8 Å². The molecule has 2 aromatic heterocycles. The van der Waals surface area contributed by atoms with E-state index < -0.39 is 5.97 Å². The third-order valence-corrected chi connectivity index (χ3v) is 3.14. The standard InChI is InChI=1S/C11H12N2O2S/c1-7-9(2-3-10(14)15)11(13-12-7)8-4-5-16-6-8/h4-6H,2-3H2,1H3,(H,12,13)(H,14,15). The van der Waals surface area contributed by atoms with Crippen molar-refractivity contribution in [2.75, 3.05) is 0 Å². The van der Waals surface area contributed by atoms with Crippen LogP contribution in [0, 0.1) is 6.92 Å². The molecule has 5 heteroatoms. The van der Waals surface area contributed by atoms with Gasteiger partial charge in [0.15, 0.2) is 0 Å². The van der Waals surface area contributed by atoms with Crippen molar-refractivity contribution in [3.8, 4) is 11.3 Å². The van der Waals surface area contributed by atoms with Crippen LogP contribution in [0.15, 0.2) is 16.8 Å². The van der Waals surface area contributed by atoms with E-state index in [-0.39, 0.29) is 6.42 Å². The van der Waals surface area contributed by atoms with Gasteiger partial charge in [0.1, 0.15) is 0 Å². The number of aromatic nitrogens is 2. The van der Waals surface area contributed by atoms with Crippen molar-refractivity contribution in [2.24, 2.45) is 0 Å². The van der Waals surface area contributed by atoms with Crippen molar-refractivity contribution in [3.05, 3.63) is 28.1 Å². The summed E-state index contributed by atoms with van der Waals surface area (Å²) in [4.78, 5) is 10.6. The lowest BCUT2D eigenvalue weighted by Crippen LogP contribution is -1.98. The maximum absolute atomic E-state index is 10.6. The monoisotopic (exact) mass is 236 g/mol. The SMILES string of the molecule is Cc1[nH]nc(-c2ccsc2)c1CCC(=O)O. The average Bonchev–Trinajstić information content (AvgIpc) is 2.83. The van der Waals surface area contributed by atoms with Gasteiger partial charge in [-0.3, -0.25) is 9.89 Å². The molecule has 2 rings (SSSR count). The second kappa shape index (κ2) is 4.49. The van der Waals surface area contributed by atoms with E-state index in [0.29, 0.717) is 6.42 Å². The third kappa shape index (κ3) is 2.14. The topological polar surface area (TPSA) is 66.0 Å². The summed E-state index contributed by atoms with van der Waals surface area (Å²) in [5.74, 6) is -0.781. The summed E-state index contributed by atoms with van der Waals surface area (Å²) >= 11 is 1.61. The Morgan fingerprint density at radius 2 is 2.44 bits per heavy atom. The first-order chi connectivity index (χ1) is 7.68. The largest absolute Gasteiger partial charge is 0.481 e. The predicted molar refractivity (Wildman–Crippen MR) is 62.6 cm³/mol. The minimum absolute atomic E-state index is 0.136. The fourth-order valence-corrected chi connectivity index (χ4v) is 2.27. The van der Waals surface area contributed by atoms with E-state index in [1.165, 1.54) is 0 Å². The Morgan fingerprint density at radius 1 is 1.62 bits per heavy atom. The lowest BCUT2D eigenvalue weighted by atomic mass is 10.0. The number of nitrogens with one attached hydrogen (secondary N) is 1. The van der Waals surface area contributed by atoms with Crippen molar-refractivity contribution in [3.63, 3.8) is 0 Å². The molecule has 0 fully saturated rings. The number of thiophene rings is 1. The lowest BCUT2D eigenvalue weighted by molar-refractivity contribution is -0.136. The molecule has 0 aliphatic heterocycles. The van der Waals surface area contributed by atoms with E-state index in [0.717, 1.165) is 22.5 Å². The highest BCUT2D eigenvalue weighted by molar-refractivity contribution is 7.08. The van der Waals surface area contributed by atoms with Crippen molar-refractivity contribution < 1.29 is 9.90 Å². The van der Waals surface area contributed by atoms with E-state index in [9.17, 15) is 4.79 Å². The van der Waals surface area contributed by atoms with Crippen molar-refractivity contribution in [2.45, 2.75) is 19.8 Å². The van der Waals surface area contributed by atoms with Gasteiger partial charge in [0, 0.05) is 28.6 Å². The number of nitrogens with zero attached hydrogens (tertiary/aromatic N) is 1. The molecule has 0 amide bonds. The Morgan fingerprint density at radius 3 is 3.06 bits per heavy atom. The van der Waals surface area contributed by atoms with Crippen LogP contribution in [-0.2, 0) is 11.2 Å². The summed E-state index contributed by atoms with van der Waals surface area (Å²) in [5, 5.41) is 19.8. The van der Waals surface area contributed by atoms with Crippen LogP contribution < -0.4 is 0 Å². The summed E-state index contributed by atoms with van der Waals surface area (Å²) in [6, 6.07) is 1.99. The van der Waals surface area contributed by atoms with E-state index in [4.69, 9.17) is 5.11 Å². The van der Waals surface area contributed by atoms with Crippen molar-refractivity contribution in [1.29, 1.82) is 0 Å². The summed E-state index contributed by atoms with van der Waals surface area (Å²) in [5.41, 5.74) is 3.87. The number of rotatable bonds is 4. The number of H-pyrrole nitrogens is 1. The summed E-state index contributed by atoms with van der Waals surface area (Å²) in [7, 11) is 0. The molecule has 0 aliphatic carbocycles. The fourth-order valence-electron chi connectivity index (χ4n) is 1.63. The van der Waals surface area contributed by atoms with Gasteiger partial charge in [-0.25, -0.2) is 0 Å². The van der Waals surface area contributed by atoms with Gasteiger partial charge in [0.2, 0.25) is 0 Å². The summed E-state index contributed by atoms with van der Waals surface area (Å²) in [6.07, 6.45) is 0.653. The molecular weight excluding hydrogens is 224 g/mol. The Labute approximate surface area is 96.9 Å². The summed E-state index contributed by atoms with van der Waals surface area (Å²) in [6.45, 7) is 1.92. The van der Waals surface area contributed by atoms with Crippen LogP contribution in [0.25, 0.3) is 11.3 Å². The van der Waals surface area contributed by atoms with Gasteiger partial charge >= 0.3 is 5.97 Å². The maximum Gasteiger partial charge on any atom is 0.303 e. The van der Waals surface area contributed by atoms with E-state index in [1.807, 2.05) is 23.8 Å². The zero-order valence-electron chi connectivity index (χ0n) is 8.86. The van der Waals surface area contributed by atoms with E-state index in [2.05, 4.69) is 10.2 Å². The molecule has 0 bridgehead atoms. The average molecular weight is 236 g/mol. The zero-order chi connectivity index (χ0) is 11.5. The highest BCUT2D eigenvalue weighted by atomic mass is 32.1. The first kappa shape index (κ1) is 10.9. The second-order valence-corrected chi connectivity index (χ2v) is 4.36. The number of carboxylic acids is 1. The van der Waals surface area contributed by atoms with Crippen LogP contribution in [-0.4, -0.2) is 21.3 Å². The molecular formula is C11H12N2O2S. The lowest BCUT2D eigenvalue weighted by Gasteiger charge is -2.00. The molecule has 0 atom stereocenters. The van der Waals surface area contributed by atoms with Gasteiger partial charge in [-0.15, -0.1) is 0 Å². The van der Waals surface area contributed by atoms with Crippen LogP contribution in [0.3, 0.4) is 0 Å². The highest BCUT2D eigenvalue weighted by Gasteiger charge is 2.13. The Kier molecular flexibility index (Phi) is 3.05. The van der Waals surface area contributed by atoms with Gasteiger partial charge in [0.05, 0.1) is 5.69 Å². The highest BCUT2D eigenvalue weighted by Crippen LogP contribution is 2.26. The van der Waals surface area contributed by atoms with Gasteiger partial charge in [0.25, 0.3) is 0 Å². The first-order valence-corrected chi connectivity index (χ1v) is 5.91. The number of carbonyl (C=O) groups is 1. The number of hydrogen-bond acceptors (Lipinski definition) is 3. The molecule has 0 radical (unpaired) electrons. The van der Waals surface area contributed by atoms with Gasteiger partial charge < -0.3 is 5.11 Å². The second-order valence-electron chi connectivity index (χ2n) is 3.58. The molecule has 0 unspecified atom stereocenters. The van der Waals surface area contributed by atoms with Crippen LogP contribution in [0.5, 0.6) is 0 Å². The molecule has 2 heterocycles. The smallest absolute Gasteiger partial charge is 0.303 e. The molecule has 0 saturated heterocycles. The molecule has 2 N–H and O–H groups in total. The van der Waals surface area contributed by atoms with Crippen LogP contribution in [0.2, 0.25) is 0 Å². The molecule has 16 heavy (non-hydrogen) atoms. The van der Waals surface area contributed by atoms with Crippen molar-refractivity contribution in [1.82, 2.24) is 10.2 Å². The number of aryl methyl sites for hydroxylation is 1. The Bertz CT molecular complexity index is 488. The Balaban J connectivity index is 2.29. The fraction of sp³-hybridized carbons (Fsp3) is 0.273. The molecule has 2 aromatic rings. The molecule has 0 saturated carbocycles. The molecule has 0 aromatic carbocycles. The predicted octanol–water partition coefficient (Wildman–Crippen LogP) is 2.46. The third-order valence-electron chi connectivity index (χ3n) is 2.46. The normalized spacial score (nSPS) is 10.6. The van der Waals surface area contributed by atoms with E-state index >= 15 is 0 Å². The van der Waals surface area contributed by atoms with Gasteiger partial charge in [-0.1, -0.05) is 0 Å². The number of carboxylic acid groups (broad SMARTS) is 1.